The molecule has 3 heteroatoms. The first-order chi connectivity index (χ1) is 13.0. The quantitative estimate of drug-likeness (QED) is 0.315. The van der Waals surface area contributed by atoms with Crippen molar-refractivity contribution in [3.63, 3.8) is 0 Å². The van der Waals surface area contributed by atoms with Gasteiger partial charge in [0, 0.05) is 0 Å². The first-order valence-corrected chi connectivity index (χ1v) is 19.8. The van der Waals surface area contributed by atoms with Gasteiger partial charge in [-0.15, -0.1) is 0 Å². The van der Waals surface area contributed by atoms with E-state index >= 15 is 0 Å². The van der Waals surface area contributed by atoms with E-state index in [-0.39, 0.29) is 3.63 Å². The summed E-state index contributed by atoms with van der Waals surface area (Å²) in [5.41, 5.74) is 7.80. The van der Waals surface area contributed by atoms with Crippen LogP contribution in [-0.4, -0.2) is 3.71 Å². The molecule has 0 aromatic heterocycles. The number of hydrogen-bond donors (Lipinski definition) is 0. The molecular formula is C24H20Cl2Zr. The zero-order valence-corrected chi connectivity index (χ0v) is 19.1. The molecule has 0 nitrogen and oxygen atoms in total. The number of allylic oxidation sites excluding steroid dienone is 1. The third-order valence-electron chi connectivity index (χ3n) is 6.26. The molecule has 134 valence electrons. The van der Waals surface area contributed by atoms with E-state index in [1.165, 1.54) is 36.7 Å². The first kappa shape index (κ1) is 17.8. The second kappa shape index (κ2) is 6.11. The molecule has 0 fully saturated rings. The molecule has 0 aliphatic heterocycles. The predicted octanol–water partition coefficient (Wildman–Crippen LogP) is 6.47. The normalized spacial score (nSPS) is 17.4. The van der Waals surface area contributed by atoms with Crippen LogP contribution in [0.5, 0.6) is 0 Å². The molecule has 0 N–H and O–H groups in total. The van der Waals surface area contributed by atoms with Crippen LogP contribution < -0.4 is 3.27 Å². The summed E-state index contributed by atoms with van der Waals surface area (Å²) in [5, 5.41) is 0. The van der Waals surface area contributed by atoms with Gasteiger partial charge in [-0.3, -0.25) is 0 Å². The first-order valence-electron chi connectivity index (χ1n) is 9.38. The SMILES string of the molecule is C[CH]=[Zr]([Cl])([Cl])([c]1cccc2c1Cc1ccccc1-2)[CH]1C=Cc2ccccc21. The van der Waals surface area contributed by atoms with Crippen LogP contribution in [0.3, 0.4) is 0 Å². The van der Waals surface area contributed by atoms with E-state index in [0.29, 0.717) is 0 Å². The van der Waals surface area contributed by atoms with Crippen molar-refractivity contribution in [2.24, 2.45) is 0 Å². The summed E-state index contributed by atoms with van der Waals surface area (Å²) in [6.45, 7) is 2.06. The Morgan fingerprint density at radius 1 is 0.889 bits per heavy atom. The van der Waals surface area contributed by atoms with E-state index in [1.807, 2.05) is 0 Å². The second-order valence-electron chi connectivity index (χ2n) is 7.57. The van der Waals surface area contributed by atoms with Crippen LogP contribution in [0.2, 0.25) is 0 Å². The molecule has 0 heterocycles. The molecular weight excluding hydrogens is 450 g/mol. The molecule has 0 saturated heterocycles. The van der Waals surface area contributed by atoms with Gasteiger partial charge in [-0.05, 0) is 0 Å². The van der Waals surface area contributed by atoms with Gasteiger partial charge in [-0.2, -0.15) is 0 Å². The van der Waals surface area contributed by atoms with Gasteiger partial charge >= 0.3 is 169 Å². The van der Waals surface area contributed by atoms with Gasteiger partial charge in [0.2, 0.25) is 0 Å². The zero-order valence-electron chi connectivity index (χ0n) is 15.1. The molecule has 3 aromatic carbocycles. The van der Waals surface area contributed by atoms with Crippen LogP contribution in [0.4, 0.5) is 0 Å². The van der Waals surface area contributed by atoms with Crippen molar-refractivity contribution >= 4 is 30.1 Å². The third-order valence-corrected chi connectivity index (χ3v) is 24.4. The van der Waals surface area contributed by atoms with Gasteiger partial charge < -0.3 is 0 Å². The van der Waals surface area contributed by atoms with Gasteiger partial charge in [0.1, 0.15) is 0 Å². The maximum atomic E-state index is 7.63. The van der Waals surface area contributed by atoms with Crippen LogP contribution >= 0.6 is 17.0 Å². The summed E-state index contributed by atoms with van der Waals surface area (Å²) in [4.78, 5) is 0. The van der Waals surface area contributed by atoms with Crippen LogP contribution in [0, 0.1) is 0 Å². The molecule has 0 spiro atoms. The summed E-state index contributed by atoms with van der Waals surface area (Å²) in [5.74, 6) is 0. The van der Waals surface area contributed by atoms with Crippen molar-refractivity contribution in [3.8, 4) is 11.1 Å². The fourth-order valence-electron chi connectivity index (χ4n) is 4.82. The van der Waals surface area contributed by atoms with E-state index < -0.39 is 15.9 Å². The van der Waals surface area contributed by atoms with E-state index in [4.69, 9.17) is 17.0 Å². The molecule has 0 bridgehead atoms. The van der Waals surface area contributed by atoms with Crippen molar-refractivity contribution in [2.45, 2.75) is 17.0 Å². The number of halogens is 2. The maximum absolute atomic E-state index is 7.63. The Balaban J connectivity index is 1.77. The van der Waals surface area contributed by atoms with Gasteiger partial charge in [-0.25, -0.2) is 0 Å². The molecule has 1 atom stereocenters. The van der Waals surface area contributed by atoms with Crippen molar-refractivity contribution in [1.82, 2.24) is 0 Å². The standard InChI is InChI=1S/C13H9.C9H7.C2H4.2ClH.Zr/c1-3-7-12-10(5-1)9-11-6-2-4-8-13(11)12;1-2-5-9-7-3-6-8(9)4-1;1-2;;;/h1-5,7-8H,9H2;1-7H;1H,2H3;2*1H;/q;;;;;+2/p-2. The minimum absolute atomic E-state index is 0.0752. The van der Waals surface area contributed by atoms with Gasteiger partial charge in [-0.1, -0.05) is 0 Å². The number of fused-ring (bicyclic) bond motifs is 4. The van der Waals surface area contributed by atoms with Crippen molar-refractivity contribution < 1.29 is 15.9 Å². The fraction of sp³-hybridized carbons (Fsp3) is 0.125. The van der Waals surface area contributed by atoms with Crippen molar-refractivity contribution in [2.75, 3.05) is 0 Å². The minimum atomic E-state index is -4.49. The van der Waals surface area contributed by atoms with E-state index in [0.717, 1.165) is 6.42 Å². The average Bonchev–Trinajstić information content (AvgIpc) is 3.30. The Labute approximate surface area is 168 Å². The Bertz CT molecular complexity index is 1180. The molecule has 2 aliphatic carbocycles. The average molecular weight is 471 g/mol. The molecule has 0 amide bonds. The van der Waals surface area contributed by atoms with Gasteiger partial charge in [0.25, 0.3) is 0 Å². The summed E-state index contributed by atoms with van der Waals surface area (Å²) < 4.78 is 3.44. The van der Waals surface area contributed by atoms with Crippen LogP contribution in [0.1, 0.15) is 32.8 Å². The van der Waals surface area contributed by atoms with E-state index in [1.54, 1.807) is 0 Å². The third kappa shape index (κ3) is 2.48. The second-order valence-corrected chi connectivity index (χ2v) is 28.3. The van der Waals surface area contributed by atoms with Crippen LogP contribution in [-0.2, 0) is 22.3 Å². The van der Waals surface area contributed by atoms with E-state index in [9.17, 15) is 0 Å². The van der Waals surface area contributed by atoms with Gasteiger partial charge in [0.15, 0.2) is 0 Å². The summed E-state index contributed by atoms with van der Waals surface area (Å²) in [7, 11) is 15.3. The molecule has 2 aliphatic rings. The summed E-state index contributed by atoms with van der Waals surface area (Å²) in [6, 6.07) is 23.7. The van der Waals surface area contributed by atoms with Crippen LogP contribution in [0.15, 0.2) is 72.8 Å². The Hall–Kier alpha value is -1.27. The van der Waals surface area contributed by atoms with Crippen molar-refractivity contribution in [1.29, 1.82) is 0 Å². The number of rotatable bonds is 2. The Kier molecular flexibility index (Phi) is 4.03. The zero-order chi connectivity index (χ0) is 18.7. The number of benzene rings is 3. The van der Waals surface area contributed by atoms with Crippen molar-refractivity contribution in [3.05, 3.63) is 95.1 Å². The summed E-state index contributed by atoms with van der Waals surface area (Å²) >= 11 is -4.49. The topological polar surface area (TPSA) is 0 Å². The molecule has 5 rings (SSSR count). The molecule has 3 aromatic rings. The monoisotopic (exact) mass is 468 g/mol. The van der Waals surface area contributed by atoms with E-state index in [2.05, 4.69) is 89.5 Å². The van der Waals surface area contributed by atoms with Crippen LogP contribution in [0.25, 0.3) is 17.2 Å². The molecule has 27 heavy (non-hydrogen) atoms. The Morgan fingerprint density at radius 3 is 2.48 bits per heavy atom. The predicted molar refractivity (Wildman–Crippen MR) is 116 cm³/mol. The molecule has 1 unspecified atom stereocenters. The molecule has 0 saturated carbocycles. The fourth-order valence-corrected chi connectivity index (χ4v) is 17.8. The number of hydrogen-bond acceptors (Lipinski definition) is 0. The Morgan fingerprint density at radius 2 is 1.63 bits per heavy atom. The van der Waals surface area contributed by atoms with Gasteiger partial charge in [0.05, 0.1) is 0 Å². The molecule has 0 radical (unpaired) electrons. The summed E-state index contributed by atoms with van der Waals surface area (Å²) in [6.07, 6.45) is 5.33.